The van der Waals surface area contributed by atoms with E-state index in [1.54, 1.807) is 19.1 Å². The molecule has 5 nitrogen and oxygen atoms in total. The molecule has 0 atom stereocenters. The first kappa shape index (κ1) is 14.1. The van der Waals surface area contributed by atoms with E-state index in [2.05, 4.69) is 16.8 Å². The van der Waals surface area contributed by atoms with Crippen LogP contribution < -0.4 is 10.6 Å². The number of anilines is 2. The molecule has 1 aliphatic rings. The Bertz CT molecular complexity index is 549. The first-order valence-corrected chi connectivity index (χ1v) is 8.15. The van der Waals surface area contributed by atoms with Crippen molar-refractivity contribution < 1.29 is 8.42 Å². The maximum absolute atomic E-state index is 11.9. The summed E-state index contributed by atoms with van der Waals surface area (Å²) in [6.07, 6.45) is 0. The zero-order valence-electron chi connectivity index (χ0n) is 11.5. The molecular weight excluding hydrogens is 262 g/mol. The Labute approximate surface area is 114 Å². The number of nitrogens with two attached hydrogens (primary N) is 1. The van der Waals surface area contributed by atoms with E-state index in [4.69, 9.17) is 5.73 Å². The molecule has 0 unspecified atom stereocenters. The number of hydrogen-bond donors (Lipinski definition) is 1. The van der Waals surface area contributed by atoms with Crippen LogP contribution in [-0.4, -0.2) is 52.3 Å². The van der Waals surface area contributed by atoms with E-state index in [1.807, 2.05) is 6.07 Å². The van der Waals surface area contributed by atoms with Gasteiger partial charge in [0.1, 0.15) is 0 Å². The van der Waals surface area contributed by atoms with Crippen molar-refractivity contribution in [3.05, 3.63) is 18.2 Å². The molecule has 6 heteroatoms. The van der Waals surface area contributed by atoms with Gasteiger partial charge >= 0.3 is 0 Å². The van der Waals surface area contributed by atoms with Crippen molar-refractivity contribution >= 4 is 21.2 Å². The number of sulfone groups is 1. The van der Waals surface area contributed by atoms with E-state index in [0.29, 0.717) is 5.69 Å². The van der Waals surface area contributed by atoms with Gasteiger partial charge in [-0.05, 0) is 25.2 Å². The van der Waals surface area contributed by atoms with Crippen LogP contribution in [0.1, 0.15) is 6.92 Å². The number of piperazine rings is 1. The van der Waals surface area contributed by atoms with E-state index in [0.717, 1.165) is 31.9 Å². The van der Waals surface area contributed by atoms with Crippen LogP contribution >= 0.6 is 0 Å². The van der Waals surface area contributed by atoms with Gasteiger partial charge in [0.15, 0.2) is 9.84 Å². The minimum absolute atomic E-state index is 0.0745. The van der Waals surface area contributed by atoms with Crippen LogP contribution in [0.15, 0.2) is 23.1 Å². The molecule has 0 bridgehead atoms. The highest BCUT2D eigenvalue weighted by Crippen LogP contribution is 2.26. The largest absolute Gasteiger partial charge is 0.398 e. The van der Waals surface area contributed by atoms with Crippen LogP contribution in [0.4, 0.5) is 11.4 Å². The van der Waals surface area contributed by atoms with Gasteiger partial charge in [-0.1, -0.05) is 6.92 Å². The second-order valence-electron chi connectivity index (χ2n) is 4.92. The molecule has 0 aliphatic carbocycles. The summed E-state index contributed by atoms with van der Waals surface area (Å²) in [6, 6.07) is 5.25. The molecule has 0 saturated carbocycles. The third kappa shape index (κ3) is 3.01. The Morgan fingerprint density at radius 1 is 1.21 bits per heavy atom. The van der Waals surface area contributed by atoms with Gasteiger partial charge in [-0.25, -0.2) is 8.42 Å². The maximum Gasteiger partial charge on any atom is 0.180 e. The standard InChI is InChI=1S/C13H21N3O2S/c1-3-19(17,18)13-5-4-11(10-12(13)14)16-8-6-15(2)7-9-16/h4-5,10H,3,6-9,14H2,1-2H3. The minimum Gasteiger partial charge on any atom is -0.398 e. The summed E-state index contributed by atoms with van der Waals surface area (Å²) in [5, 5.41) is 0. The number of nitrogens with zero attached hydrogens (tertiary/aromatic N) is 2. The molecule has 0 amide bonds. The second-order valence-corrected chi connectivity index (χ2v) is 7.16. The molecule has 0 radical (unpaired) electrons. The Morgan fingerprint density at radius 3 is 2.37 bits per heavy atom. The SMILES string of the molecule is CCS(=O)(=O)c1ccc(N2CCN(C)CC2)cc1N. The predicted molar refractivity (Wildman–Crippen MR) is 78.3 cm³/mol. The van der Waals surface area contributed by atoms with Gasteiger partial charge < -0.3 is 15.5 Å². The third-order valence-electron chi connectivity index (χ3n) is 3.58. The highest BCUT2D eigenvalue weighted by molar-refractivity contribution is 7.91. The van der Waals surface area contributed by atoms with Gasteiger partial charge in [-0.15, -0.1) is 0 Å². The fourth-order valence-electron chi connectivity index (χ4n) is 2.24. The highest BCUT2D eigenvalue weighted by Gasteiger charge is 2.18. The quantitative estimate of drug-likeness (QED) is 0.832. The van der Waals surface area contributed by atoms with Crippen LogP contribution in [0.2, 0.25) is 0 Å². The van der Waals surface area contributed by atoms with Crippen molar-refractivity contribution in [3.8, 4) is 0 Å². The summed E-state index contributed by atoms with van der Waals surface area (Å²) in [5.41, 5.74) is 7.25. The van der Waals surface area contributed by atoms with Crippen molar-refractivity contribution in [2.24, 2.45) is 0 Å². The van der Waals surface area contributed by atoms with Gasteiger partial charge in [0.05, 0.1) is 16.3 Å². The van der Waals surface area contributed by atoms with Crippen molar-refractivity contribution in [1.29, 1.82) is 0 Å². The van der Waals surface area contributed by atoms with E-state index in [9.17, 15) is 8.42 Å². The molecule has 1 heterocycles. The van der Waals surface area contributed by atoms with Crippen LogP contribution in [-0.2, 0) is 9.84 Å². The lowest BCUT2D eigenvalue weighted by Gasteiger charge is -2.34. The average Bonchev–Trinajstić information content (AvgIpc) is 2.39. The minimum atomic E-state index is -3.24. The topological polar surface area (TPSA) is 66.6 Å². The first-order valence-electron chi connectivity index (χ1n) is 6.50. The summed E-state index contributed by atoms with van der Waals surface area (Å²) >= 11 is 0. The van der Waals surface area contributed by atoms with Gasteiger partial charge in [0.25, 0.3) is 0 Å². The highest BCUT2D eigenvalue weighted by atomic mass is 32.2. The third-order valence-corrected chi connectivity index (χ3v) is 5.38. The molecular formula is C13H21N3O2S. The van der Waals surface area contributed by atoms with Crippen molar-refractivity contribution in [1.82, 2.24) is 4.90 Å². The zero-order valence-corrected chi connectivity index (χ0v) is 12.3. The molecule has 0 aromatic heterocycles. The summed E-state index contributed by atoms with van der Waals surface area (Å²) < 4.78 is 23.7. The fourth-order valence-corrected chi connectivity index (χ4v) is 3.24. The summed E-state index contributed by atoms with van der Waals surface area (Å²) in [4.78, 5) is 4.75. The van der Waals surface area contributed by atoms with E-state index in [1.165, 1.54) is 0 Å². The fraction of sp³-hybridized carbons (Fsp3) is 0.538. The molecule has 1 saturated heterocycles. The number of rotatable bonds is 3. The smallest absolute Gasteiger partial charge is 0.180 e. The number of hydrogen-bond acceptors (Lipinski definition) is 5. The molecule has 1 fully saturated rings. The summed E-state index contributed by atoms with van der Waals surface area (Å²) in [5.74, 6) is 0.0745. The summed E-state index contributed by atoms with van der Waals surface area (Å²) in [7, 11) is -1.14. The van der Waals surface area contributed by atoms with Crippen molar-refractivity contribution in [2.75, 3.05) is 49.6 Å². The van der Waals surface area contributed by atoms with E-state index < -0.39 is 9.84 Å². The monoisotopic (exact) mass is 283 g/mol. The molecule has 2 rings (SSSR count). The van der Waals surface area contributed by atoms with Crippen LogP contribution in [0.5, 0.6) is 0 Å². The molecule has 1 aromatic carbocycles. The lowest BCUT2D eigenvalue weighted by atomic mass is 10.2. The van der Waals surface area contributed by atoms with E-state index in [-0.39, 0.29) is 10.6 Å². The van der Waals surface area contributed by atoms with Gasteiger partial charge in [0.2, 0.25) is 0 Å². The Kier molecular flexibility index (Phi) is 4.01. The van der Waals surface area contributed by atoms with Gasteiger partial charge in [-0.3, -0.25) is 0 Å². The van der Waals surface area contributed by atoms with Crippen LogP contribution in [0, 0.1) is 0 Å². The normalized spacial score (nSPS) is 17.7. The van der Waals surface area contributed by atoms with E-state index >= 15 is 0 Å². The molecule has 0 spiro atoms. The number of likely N-dealkylation sites (N-methyl/N-ethyl adjacent to an activating group) is 1. The predicted octanol–water partition coefficient (Wildman–Crippen LogP) is 0.814. The number of nitrogen functional groups attached to an aromatic ring is 1. The molecule has 2 N–H and O–H groups in total. The lowest BCUT2D eigenvalue weighted by Crippen LogP contribution is -2.44. The average molecular weight is 283 g/mol. The molecule has 106 valence electrons. The maximum atomic E-state index is 11.9. The van der Waals surface area contributed by atoms with Gasteiger partial charge in [0, 0.05) is 31.9 Å². The van der Waals surface area contributed by atoms with Gasteiger partial charge in [-0.2, -0.15) is 0 Å². The van der Waals surface area contributed by atoms with Crippen LogP contribution in [0.3, 0.4) is 0 Å². The lowest BCUT2D eigenvalue weighted by molar-refractivity contribution is 0.313. The Morgan fingerprint density at radius 2 is 1.84 bits per heavy atom. The van der Waals surface area contributed by atoms with Crippen molar-refractivity contribution in [2.45, 2.75) is 11.8 Å². The second kappa shape index (κ2) is 5.38. The Balaban J connectivity index is 2.24. The molecule has 1 aromatic rings. The van der Waals surface area contributed by atoms with Crippen molar-refractivity contribution in [3.63, 3.8) is 0 Å². The Hall–Kier alpha value is -1.27. The number of benzene rings is 1. The first-order chi connectivity index (χ1) is 8.94. The molecule has 1 aliphatic heterocycles. The molecule has 19 heavy (non-hydrogen) atoms. The summed E-state index contributed by atoms with van der Waals surface area (Å²) in [6.45, 7) is 5.53. The zero-order chi connectivity index (χ0) is 14.0. The van der Waals surface area contributed by atoms with Crippen LogP contribution in [0.25, 0.3) is 0 Å².